The molecular weight excluding hydrogens is 559 g/mol. The number of aryl methyl sites for hydroxylation is 1. The minimum atomic E-state index is -4.12. The van der Waals surface area contributed by atoms with Crippen molar-refractivity contribution in [1.82, 2.24) is 19.3 Å². The molecule has 12 heteroatoms. The second-order valence-electron chi connectivity index (χ2n) is 12.6. The highest BCUT2D eigenvalue weighted by atomic mass is 32.2. The number of benzene rings is 1. The topological polar surface area (TPSA) is 135 Å². The van der Waals surface area contributed by atoms with E-state index < -0.39 is 24.4 Å². The lowest BCUT2D eigenvalue weighted by Gasteiger charge is -2.39. The molecule has 2 aromatic heterocycles. The van der Waals surface area contributed by atoms with E-state index in [2.05, 4.69) is 78.0 Å². The molecule has 2 aliphatic rings. The summed E-state index contributed by atoms with van der Waals surface area (Å²) in [6, 6.07) is 10.7. The Morgan fingerprint density at radius 1 is 1.17 bits per heavy atom. The molecule has 2 heterocycles. The highest BCUT2D eigenvalue weighted by Crippen LogP contribution is 2.45. The van der Waals surface area contributed by atoms with Crippen molar-refractivity contribution >= 4 is 41.3 Å². The van der Waals surface area contributed by atoms with Crippen molar-refractivity contribution < 1.29 is 22.7 Å². The van der Waals surface area contributed by atoms with Gasteiger partial charge in [0.1, 0.15) is 17.8 Å². The average Bonchev–Trinajstić information content (AvgIpc) is 3.59. The molecule has 10 nitrogen and oxygen atoms in total. The van der Waals surface area contributed by atoms with E-state index in [9.17, 15) is 13.2 Å². The van der Waals surface area contributed by atoms with Crippen LogP contribution in [0.5, 0.6) is 0 Å². The van der Waals surface area contributed by atoms with Crippen LogP contribution < -0.4 is 10.0 Å². The summed E-state index contributed by atoms with van der Waals surface area (Å²) in [5, 5.41) is 14.4. The van der Waals surface area contributed by atoms with Gasteiger partial charge < -0.3 is 19.4 Å². The molecule has 0 radical (unpaired) electrons. The average molecular weight is 598 g/mol. The van der Waals surface area contributed by atoms with Crippen molar-refractivity contribution in [2.75, 3.05) is 5.32 Å². The first-order chi connectivity index (χ1) is 19.2. The number of nitrogens with one attached hydrogen (secondary N) is 2. The standard InChI is InChI=1S/C29H39N5O5SSi/c1-29(2,3)41(4,5)39-25-17-21(16-20(25)13-15-40(37,38)33-28(35)36)34-14-12-23-26(30-18-31-27(23)34)32-24-11-10-19-8-6-7-9-22(19)24/h6-9,12-15,18,20-21,24-25,33H,10-11,16-17H2,1-5H3,(H,35,36)(H,30,31,32)/t20-,21-,24+,25+/m1/s1. The Hall–Kier alpha value is -3.22. The number of hydrogen-bond donors (Lipinski definition) is 3. The van der Waals surface area contributed by atoms with Gasteiger partial charge in [0.15, 0.2) is 8.32 Å². The monoisotopic (exact) mass is 597 g/mol. The van der Waals surface area contributed by atoms with Crippen LogP contribution in [0, 0.1) is 5.92 Å². The molecule has 1 amide bonds. The molecule has 41 heavy (non-hydrogen) atoms. The van der Waals surface area contributed by atoms with E-state index in [1.807, 2.05) is 12.3 Å². The zero-order chi connectivity index (χ0) is 29.6. The van der Waals surface area contributed by atoms with Crippen LogP contribution in [-0.2, 0) is 20.9 Å². The van der Waals surface area contributed by atoms with Crippen molar-refractivity contribution in [3.63, 3.8) is 0 Å². The molecule has 0 unspecified atom stereocenters. The number of hydrogen-bond acceptors (Lipinski definition) is 7. The van der Waals surface area contributed by atoms with Crippen LogP contribution in [0.2, 0.25) is 18.1 Å². The van der Waals surface area contributed by atoms with Gasteiger partial charge in [-0.05, 0) is 61.0 Å². The summed E-state index contributed by atoms with van der Waals surface area (Å²) in [4.78, 5) is 20.2. The van der Waals surface area contributed by atoms with Gasteiger partial charge in [-0.15, -0.1) is 0 Å². The van der Waals surface area contributed by atoms with Crippen molar-refractivity contribution in [1.29, 1.82) is 0 Å². The van der Waals surface area contributed by atoms with Gasteiger partial charge in [-0.3, -0.25) is 0 Å². The van der Waals surface area contributed by atoms with Crippen molar-refractivity contribution in [3.8, 4) is 0 Å². The van der Waals surface area contributed by atoms with Crippen molar-refractivity contribution in [2.45, 2.75) is 82.8 Å². The predicted octanol–water partition coefficient (Wildman–Crippen LogP) is 5.98. The molecular formula is C29H39N5O5SSi. The van der Waals surface area contributed by atoms with Crippen LogP contribution in [-0.4, -0.2) is 48.6 Å². The summed E-state index contributed by atoms with van der Waals surface area (Å²) in [5.74, 6) is 0.580. The lowest BCUT2D eigenvalue weighted by molar-refractivity contribution is 0.157. The second kappa shape index (κ2) is 10.9. The van der Waals surface area contributed by atoms with E-state index in [0.717, 1.165) is 35.1 Å². The van der Waals surface area contributed by atoms with Gasteiger partial charge in [0.2, 0.25) is 0 Å². The molecule has 220 valence electrons. The molecule has 0 saturated heterocycles. The summed E-state index contributed by atoms with van der Waals surface area (Å²) >= 11 is 0. The van der Waals surface area contributed by atoms with Gasteiger partial charge in [0, 0.05) is 23.6 Å². The minimum Gasteiger partial charge on any atom is -0.464 e. The molecule has 4 atom stereocenters. The maximum absolute atomic E-state index is 12.3. The molecule has 1 saturated carbocycles. The van der Waals surface area contributed by atoms with Gasteiger partial charge in [-0.1, -0.05) is 51.1 Å². The van der Waals surface area contributed by atoms with E-state index in [4.69, 9.17) is 9.53 Å². The number of anilines is 1. The number of nitrogens with zero attached hydrogens (tertiary/aromatic N) is 3. The fraction of sp³-hybridized carbons (Fsp3) is 0.483. The van der Waals surface area contributed by atoms with Crippen molar-refractivity contribution in [2.24, 2.45) is 5.92 Å². The number of sulfonamides is 1. The maximum atomic E-state index is 12.3. The van der Waals surface area contributed by atoms with Crippen molar-refractivity contribution in [3.05, 3.63) is 65.5 Å². The van der Waals surface area contributed by atoms with Gasteiger partial charge >= 0.3 is 6.09 Å². The first-order valence-electron chi connectivity index (χ1n) is 14.0. The summed E-state index contributed by atoms with van der Waals surface area (Å²) < 4.78 is 35.0. The summed E-state index contributed by atoms with van der Waals surface area (Å²) in [6.07, 6.45) is 6.71. The fourth-order valence-corrected chi connectivity index (χ4v) is 7.84. The molecule has 0 bridgehead atoms. The Labute approximate surface area is 242 Å². The Bertz CT molecular complexity index is 1580. The smallest absolute Gasteiger partial charge is 0.418 e. The quantitative estimate of drug-likeness (QED) is 0.270. The van der Waals surface area contributed by atoms with E-state index >= 15 is 0 Å². The Balaban J connectivity index is 1.42. The molecule has 0 spiro atoms. The maximum Gasteiger partial charge on any atom is 0.418 e. The Morgan fingerprint density at radius 2 is 1.93 bits per heavy atom. The molecule has 1 aromatic carbocycles. The first kappa shape index (κ1) is 29.3. The normalized spacial score (nSPS) is 23.2. The Kier molecular flexibility index (Phi) is 7.77. The predicted molar refractivity (Wildman–Crippen MR) is 162 cm³/mol. The zero-order valence-electron chi connectivity index (χ0n) is 24.2. The number of amides is 1. The van der Waals surface area contributed by atoms with Crippen LogP contribution in [0.15, 0.2) is 54.3 Å². The van der Waals surface area contributed by atoms with Gasteiger partial charge in [0.05, 0.1) is 17.5 Å². The van der Waals surface area contributed by atoms with Gasteiger partial charge in [-0.2, -0.15) is 0 Å². The molecule has 3 aromatic rings. The fourth-order valence-electron chi connectivity index (χ4n) is 5.74. The first-order valence-corrected chi connectivity index (χ1v) is 18.5. The number of carboxylic acid groups (broad SMARTS) is 1. The number of fused-ring (bicyclic) bond motifs is 2. The SMILES string of the molecule is CC(C)(C)[Si](C)(C)O[C@H]1C[C@H](n2ccc3c(N[C@H]4CCc5ccccc54)ncnc32)C[C@H]1C=CS(=O)(=O)NC(=O)O. The molecule has 0 aliphatic heterocycles. The highest BCUT2D eigenvalue weighted by molar-refractivity contribution is 7.92. The summed E-state index contributed by atoms with van der Waals surface area (Å²) in [5.41, 5.74) is 3.49. The van der Waals surface area contributed by atoms with Crippen LogP contribution >= 0.6 is 0 Å². The van der Waals surface area contributed by atoms with E-state index in [1.54, 1.807) is 17.1 Å². The largest absolute Gasteiger partial charge is 0.464 e. The van der Waals surface area contributed by atoms with Crippen LogP contribution in [0.3, 0.4) is 0 Å². The summed E-state index contributed by atoms with van der Waals surface area (Å²) in [7, 11) is -6.30. The highest BCUT2D eigenvalue weighted by Gasteiger charge is 2.44. The molecule has 3 N–H and O–H groups in total. The van der Waals surface area contributed by atoms with Gasteiger partial charge in [-0.25, -0.2) is 27.9 Å². The zero-order valence-corrected chi connectivity index (χ0v) is 26.0. The molecule has 5 rings (SSSR count). The second-order valence-corrected chi connectivity index (χ2v) is 18.9. The molecule has 1 fully saturated rings. The minimum absolute atomic E-state index is 0.0158. The third kappa shape index (κ3) is 6.19. The summed E-state index contributed by atoms with van der Waals surface area (Å²) in [6.45, 7) is 10.9. The van der Waals surface area contributed by atoms with Crippen LogP contribution in [0.25, 0.3) is 11.0 Å². The third-order valence-electron chi connectivity index (χ3n) is 8.86. The number of carbonyl (C=O) groups is 1. The lowest BCUT2D eigenvalue weighted by atomic mass is 10.1. The third-order valence-corrected chi connectivity index (χ3v) is 14.3. The van der Waals surface area contributed by atoms with Gasteiger partial charge in [0.25, 0.3) is 10.0 Å². The van der Waals surface area contributed by atoms with E-state index in [0.29, 0.717) is 12.8 Å². The lowest BCUT2D eigenvalue weighted by Crippen LogP contribution is -2.44. The Morgan fingerprint density at radius 3 is 2.66 bits per heavy atom. The molecule has 2 aliphatic carbocycles. The van der Waals surface area contributed by atoms with E-state index in [-0.39, 0.29) is 29.1 Å². The van der Waals surface area contributed by atoms with E-state index in [1.165, 1.54) is 11.1 Å². The van der Waals surface area contributed by atoms with Crippen LogP contribution in [0.4, 0.5) is 10.6 Å². The number of aromatic nitrogens is 3. The number of rotatable bonds is 8. The van der Waals surface area contributed by atoms with Crippen LogP contribution in [0.1, 0.15) is 63.2 Å².